The Morgan fingerprint density at radius 1 is 1.24 bits per heavy atom. The number of hydrogen-bond acceptors (Lipinski definition) is 7. The maximum absolute atomic E-state index is 13.4. The van der Waals surface area contributed by atoms with Gasteiger partial charge in [0.05, 0.1) is 18.0 Å². The van der Waals surface area contributed by atoms with Crippen LogP contribution in [0.25, 0.3) is 0 Å². The number of rotatable bonds is 6. The third kappa shape index (κ3) is 5.08. The fraction of sp³-hybridized carbons (Fsp3) is 0.111. The second-order valence-corrected chi connectivity index (χ2v) is 6.59. The number of anilines is 2. The van der Waals surface area contributed by atoms with Crippen LogP contribution in [0, 0.1) is 5.82 Å². The van der Waals surface area contributed by atoms with Crippen LogP contribution in [0.4, 0.5) is 15.9 Å². The zero-order chi connectivity index (χ0) is 20.8. The van der Waals surface area contributed by atoms with Crippen LogP contribution in [0.15, 0.2) is 56.7 Å². The highest BCUT2D eigenvalue weighted by molar-refractivity contribution is 9.10. The molecule has 1 aromatic heterocycles. The van der Waals surface area contributed by atoms with E-state index in [2.05, 4.69) is 46.7 Å². The van der Waals surface area contributed by atoms with Crippen molar-refractivity contribution in [3.05, 3.63) is 64.0 Å². The van der Waals surface area contributed by atoms with Gasteiger partial charge < -0.3 is 20.6 Å². The summed E-state index contributed by atoms with van der Waals surface area (Å²) in [7, 11) is 1.56. The first kappa shape index (κ1) is 20.3. The van der Waals surface area contributed by atoms with Gasteiger partial charge in [-0.15, -0.1) is 0 Å². The molecule has 0 saturated heterocycles. The minimum Gasteiger partial charge on any atom is -0.497 e. The number of carbonyl (C=O) groups is 1. The Morgan fingerprint density at radius 3 is 2.66 bits per heavy atom. The van der Waals surface area contributed by atoms with Crippen molar-refractivity contribution >= 4 is 39.2 Å². The van der Waals surface area contributed by atoms with E-state index in [1.54, 1.807) is 31.4 Å². The number of nitrogens with zero attached hydrogens (tertiary/aromatic N) is 3. The molecule has 0 radical (unpaired) electrons. The standard InChI is InChI=1S/C18H15BrFN5O4/c1-28-12-5-2-10(3-6-12)8-15(26)22-18-16(24-29-25-18)17(23-27)21-11-4-7-14(20)13(19)9-11/h2-7,9,27H,8H2,1H3,(H,21,23)(H,22,25,26). The maximum atomic E-state index is 13.4. The summed E-state index contributed by atoms with van der Waals surface area (Å²) >= 11 is 3.07. The first-order chi connectivity index (χ1) is 14.0. The summed E-state index contributed by atoms with van der Waals surface area (Å²) in [5.74, 6) is -0.337. The van der Waals surface area contributed by atoms with Crippen LogP contribution < -0.4 is 15.4 Å². The lowest BCUT2D eigenvalue weighted by atomic mass is 10.1. The number of halogens is 2. The van der Waals surface area contributed by atoms with Crippen molar-refractivity contribution in [1.29, 1.82) is 0 Å². The van der Waals surface area contributed by atoms with Crippen molar-refractivity contribution in [3.63, 3.8) is 0 Å². The summed E-state index contributed by atoms with van der Waals surface area (Å²) < 4.78 is 23.3. The first-order valence-corrected chi connectivity index (χ1v) is 8.99. The van der Waals surface area contributed by atoms with Crippen LogP contribution >= 0.6 is 15.9 Å². The molecule has 3 N–H and O–H groups in total. The van der Waals surface area contributed by atoms with Crippen molar-refractivity contribution in [3.8, 4) is 5.75 Å². The number of amides is 1. The molecule has 0 aliphatic carbocycles. The van der Waals surface area contributed by atoms with Gasteiger partial charge in [0.25, 0.3) is 0 Å². The number of nitrogens with one attached hydrogen (secondary N) is 2. The number of methoxy groups -OCH3 is 1. The van der Waals surface area contributed by atoms with Gasteiger partial charge in [0.15, 0.2) is 5.69 Å². The predicted octanol–water partition coefficient (Wildman–Crippen LogP) is 3.41. The summed E-state index contributed by atoms with van der Waals surface area (Å²) in [6, 6.07) is 11.1. The summed E-state index contributed by atoms with van der Waals surface area (Å²) in [6.45, 7) is 0. The van der Waals surface area contributed by atoms with Crippen LogP contribution in [0.5, 0.6) is 5.75 Å². The highest BCUT2D eigenvalue weighted by Crippen LogP contribution is 2.21. The lowest BCUT2D eigenvalue weighted by Crippen LogP contribution is -2.20. The minimum absolute atomic E-state index is 0.0315. The molecule has 0 bridgehead atoms. The molecule has 9 nitrogen and oxygen atoms in total. The van der Waals surface area contributed by atoms with E-state index in [-0.39, 0.29) is 34.1 Å². The zero-order valence-electron chi connectivity index (χ0n) is 15.0. The van der Waals surface area contributed by atoms with E-state index < -0.39 is 5.82 Å². The molecule has 3 aromatic rings. The van der Waals surface area contributed by atoms with E-state index in [1.165, 1.54) is 18.2 Å². The largest absolute Gasteiger partial charge is 0.497 e. The van der Waals surface area contributed by atoms with E-state index in [0.717, 1.165) is 5.56 Å². The molecule has 0 saturated carbocycles. The average molecular weight is 464 g/mol. The second-order valence-electron chi connectivity index (χ2n) is 5.74. The van der Waals surface area contributed by atoms with Gasteiger partial charge in [-0.1, -0.05) is 17.3 Å². The van der Waals surface area contributed by atoms with Gasteiger partial charge >= 0.3 is 0 Å². The van der Waals surface area contributed by atoms with Crippen molar-refractivity contribution in [2.45, 2.75) is 6.42 Å². The van der Waals surface area contributed by atoms with Gasteiger partial charge in [0.2, 0.25) is 17.6 Å². The summed E-state index contributed by atoms with van der Waals surface area (Å²) in [6.07, 6.45) is 0.0697. The molecular weight excluding hydrogens is 449 g/mol. The predicted molar refractivity (Wildman–Crippen MR) is 106 cm³/mol. The Balaban J connectivity index is 1.71. The van der Waals surface area contributed by atoms with Crippen molar-refractivity contribution in [2.75, 3.05) is 17.7 Å². The second kappa shape index (κ2) is 9.15. The lowest BCUT2D eigenvalue weighted by molar-refractivity contribution is -0.115. The van der Waals surface area contributed by atoms with Crippen LogP contribution in [0.2, 0.25) is 0 Å². The van der Waals surface area contributed by atoms with E-state index in [9.17, 15) is 14.4 Å². The molecule has 29 heavy (non-hydrogen) atoms. The summed E-state index contributed by atoms with van der Waals surface area (Å²) in [5.41, 5.74) is 1.13. The van der Waals surface area contributed by atoms with Gasteiger partial charge in [0.1, 0.15) is 11.6 Å². The van der Waals surface area contributed by atoms with Gasteiger partial charge in [-0.2, -0.15) is 0 Å². The maximum Gasteiger partial charge on any atom is 0.230 e. The Bertz CT molecular complexity index is 1040. The zero-order valence-corrected chi connectivity index (χ0v) is 16.6. The third-order valence-electron chi connectivity index (χ3n) is 3.78. The van der Waals surface area contributed by atoms with Crippen LogP contribution in [0.1, 0.15) is 11.3 Å². The molecule has 0 aliphatic heterocycles. The fourth-order valence-electron chi connectivity index (χ4n) is 2.37. The van der Waals surface area contributed by atoms with Gasteiger partial charge in [-0.3, -0.25) is 4.79 Å². The molecule has 1 amide bonds. The molecule has 1 heterocycles. The molecule has 0 aliphatic rings. The highest BCUT2D eigenvalue weighted by Gasteiger charge is 2.20. The van der Waals surface area contributed by atoms with Gasteiger partial charge in [-0.05, 0) is 62.1 Å². The molecule has 11 heteroatoms. The van der Waals surface area contributed by atoms with Crippen molar-refractivity contribution in [2.24, 2.45) is 5.16 Å². The lowest BCUT2D eigenvalue weighted by Gasteiger charge is -2.08. The Morgan fingerprint density at radius 2 is 2.00 bits per heavy atom. The molecule has 0 fully saturated rings. The van der Waals surface area contributed by atoms with E-state index in [4.69, 9.17) is 4.74 Å². The number of ether oxygens (including phenoxy) is 1. The monoisotopic (exact) mass is 463 g/mol. The molecule has 0 atom stereocenters. The normalized spacial score (nSPS) is 11.2. The summed E-state index contributed by atoms with van der Waals surface area (Å²) in [4.78, 5) is 12.3. The van der Waals surface area contributed by atoms with E-state index in [0.29, 0.717) is 11.4 Å². The fourth-order valence-corrected chi connectivity index (χ4v) is 2.75. The van der Waals surface area contributed by atoms with Crippen molar-refractivity contribution in [1.82, 2.24) is 10.3 Å². The van der Waals surface area contributed by atoms with E-state index in [1.807, 2.05) is 0 Å². The minimum atomic E-state index is -0.451. The van der Waals surface area contributed by atoms with Crippen LogP contribution in [-0.4, -0.2) is 34.4 Å². The quantitative estimate of drug-likeness (QED) is 0.221. The van der Waals surface area contributed by atoms with Crippen LogP contribution in [-0.2, 0) is 11.2 Å². The third-order valence-corrected chi connectivity index (χ3v) is 4.38. The van der Waals surface area contributed by atoms with Crippen molar-refractivity contribution < 1.29 is 23.8 Å². The molecule has 0 spiro atoms. The number of amidine groups is 1. The Labute approximate surface area is 172 Å². The van der Waals surface area contributed by atoms with Gasteiger partial charge in [0, 0.05) is 5.69 Å². The number of aromatic nitrogens is 2. The molecule has 0 unspecified atom stereocenters. The average Bonchev–Trinajstić information content (AvgIpc) is 3.17. The molecule has 3 rings (SSSR count). The highest BCUT2D eigenvalue weighted by atomic mass is 79.9. The SMILES string of the molecule is COc1ccc(CC(=O)Nc2nonc2/C(=N\O)Nc2ccc(F)c(Br)c2)cc1. The topological polar surface area (TPSA) is 122 Å². The molecule has 2 aromatic carbocycles. The van der Waals surface area contributed by atoms with Gasteiger partial charge in [-0.25, -0.2) is 9.02 Å². The Hall–Kier alpha value is -3.47. The molecule has 150 valence electrons. The smallest absolute Gasteiger partial charge is 0.230 e. The summed E-state index contributed by atoms with van der Waals surface area (Å²) in [5, 5.41) is 25.0. The van der Waals surface area contributed by atoms with Crippen LogP contribution in [0.3, 0.4) is 0 Å². The first-order valence-electron chi connectivity index (χ1n) is 8.20. The number of carbonyl (C=O) groups excluding carboxylic acids is 1. The van der Waals surface area contributed by atoms with E-state index >= 15 is 0 Å². The number of oxime groups is 1. The molecular formula is C18H15BrFN5O4. The Kier molecular flexibility index (Phi) is 6.39. The number of hydrogen-bond donors (Lipinski definition) is 3. The number of benzene rings is 2.